The fraction of sp³-hybridized carbons (Fsp3) is 0.145. The van der Waals surface area contributed by atoms with Crippen LogP contribution in [0.3, 0.4) is 0 Å². The number of benzene rings is 4. The molecule has 18 nitrogen and oxygen atoms in total. The van der Waals surface area contributed by atoms with E-state index in [9.17, 15) is 29.3 Å². The highest BCUT2D eigenvalue weighted by molar-refractivity contribution is 7.71. The lowest BCUT2D eigenvalue weighted by atomic mass is 9.96. The van der Waals surface area contributed by atoms with Gasteiger partial charge < -0.3 is 40.8 Å². The van der Waals surface area contributed by atoms with Crippen molar-refractivity contribution in [2.24, 2.45) is 0 Å². The van der Waals surface area contributed by atoms with Gasteiger partial charge in [0.2, 0.25) is 5.76 Å². The van der Waals surface area contributed by atoms with Crippen molar-refractivity contribution < 1.29 is 38.4 Å². The van der Waals surface area contributed by atoms with Crippen molar-refractivity contribution in [3.8, 4) is 5.69 Å². The number of hydrogen-bond donors (Lipinski definition) is 6. The molecular weight excluding hydrogens is 1030 g/mol. The van der Waals surface area contributed by atoms with E-state index >= 15 is 0 Å². The molecule has 76 heavy (non-hydrogen) atoms. The van der Waals surface area contributed by atoms with E-state index in [4.69, 9.17) is 42.7 Å². The Bertz CT molecular complexity index is 4160. The van der Waals surface area contributed by atoms with Gasteiger partial charge >= 0.3 is 11.9 Å². The molecular formula is C55H44N8O10S3. The molecule has 1 amide bonds. The van der Waals surface area contributed by atoms with Crippen LogP contribution in [0.4, 0.5) is 22.1 Å². The monoisotopic (exact) mass is 1070 g/mol. The number of aromatic nitrogens is 4. The smallest absolute Gasteiger partial charge is 0.371 e. The Balaban J connectivity index is 0.000000137. The highest BCUT2D eigenvalue weighted by Crippen LogP contribution is 2.38. The number of nitrogens with one attached hydrogen (secondary N) is 2. The van der Waals surface area contributed by atoms with Gasteiger partial charge in [-0.1, -0.05) is 36.4 Å². The zero-order chi connectivity index (χ0) is 53.2. The van der Waals surface area contributed by atoms with Gasteiger partial charge in [0.25, 0.3) is 17.2 Å². The summed E-state index contributed by atoms with van der Waals surface area (Å²) >= 11 is 8.75. The number of nitro groups is 1. The first-order chi connectivity index (χ1) is 36.7. The van der Waals surface area contributed by atoms with Crippen LogP contribution in [0.5, 0.6) is 0 Å². The number of hydrogen-bond acceptors (Lipinski definition) is 15. The molecule has 0 saturated carbocycles. The number of aryl methyl sites for hydroxylation is 3. The fourth-order valence-corrected chi connectivity index (χ4v) is 12.2. The minimum absolute atomic E-state index is 0.0174. The molecule has 13 rings (SSSR count). The van der Waals surface area contributed by atoms with Crippen molar-refractivity contribution in [3.63, 3.8) is 0 Å². The van der Waals surface area contributed by atoms with Crippen LogP contribution in [0.25, 0.3) is 59.6 Å². The number of nitro benzene ring substituents is 1. The summed E-state index contributed by atoms with van der Waals surface area (Å²) in [5, 5.41) is 35.2. The Morgan fingerprint density at radius 1 is 0.724 bits per heavy atom. The average Bonchev–Trinajstić information content (AvgIpc) is 4.22. The summed E-state index contributed by atoms with van der Waals surface area (Å²) in [4.78, 5) is 73.8. The number of carbonyl (C=O) groups excluding carboxylic acids is 1. The van der Waals surface area contributed by atoms with Gasteiger partial charge in [-0.15, -0.1) is 22.7 Å². The highest BCUT2D eigenvalue weighted by atomic mass is 32.1. The summed E-state index contributed by atoms with van der Waals surface area (Å²) in [7, 11) is 0. The van der Waals surface area contributed by atoms with Crippen molar-refractivity contribution in [2.45, 2.75) is 51.4 Å². The van der Waals surface area contributed by atoms with Crippen LogP contribution in [0.2, 0.25) is 0 Å². The molecule has 2 aliphatic rings. The largest absolute Gasteiger partial charge is 0.478 e. The van der Waals surface area contributed by atoms with Crippen LogP contribution in [0.1, 0.15) is 78.0 Å². The van der Waals surface area contributed by atoms with E-state index in [1.807, 2.05) is 48.5 Å². The standard InChI is InChI=1S/C28H20N4O3S2.C9H7N3O2.C9H11NO2S.C9H6O3/c33-25(21-14-15-6-1-3-9-20(15)35-21)30-24-16-8-5-13-29-18(16)11-12-19(24)32-27(34)23-17-7-2-4-10-22(17)37-26(23)31-28(32)36;10-9-6-2-1-5-11-7(6)3-4-8(9)12(13)14;10-8-7(9(11)12)5-3-1-2-4-6(5)13-8;10-9(11)8-5-6-3-1-2-4-7(6)12-8/h1,3,5-6,8-9,11-14H,2,4,7,10H2,(H,30,33)(H,31,36);1-5H,10H2;1-4,10H2,(H,11,12);1-5H,(H,10,11). The lowest BCUT2D eigenvalue weighted by Crippen LogP contribution is -2.23. The summed E-state index contributed by atoms with van der Waals surface area (Å²) in [6.07, 6.45) is 11.5. The second-order valence-electron chi connectivity index (χ2n) is 17.7. The zero-order valence-electron chi connectivity index (χ0n) is 40.0. The van der Waals surface area contributed by atoms with Crippen LogP contribution >= 0.6 is 34.9 Å². The first-order valence-corrected chi connectivity index (χ1v) is 25.9. The number of carboxylic acid groups (broad SMARTS) is 2. The van der Waals surface area contributed by atoms with Gasteiger partial charge in [0.1, 0.15) is 26.7 Å². The number of nitrogens with zero attached hydrogens (tertiary/aromatic N) is 4. The molecule has 8 N–H and O–H groups in total. The number of nitrogens with two attached hydrogens (primary N) is 2. The first kappa shape index (κ1) is 50.5. The Morgan fingerprint density at radius 3 is 1.95 bits per heavy atom. The first-order valence-electron chi connectivity index (χ1n) is 23.9. The van der Waals surface area contributed by atoms with Gasteiger partial charge in [0, 0.05) is 49.8 Å². The lowest BCUT2D eigenvalue weighted by molar-refractivity contribution is -0.383. The van der Waals surface area contributed by atoms with E-state index in [1.165, 1.54) is 37.8 Å². The molecule has 2 aliphatic carbocycles. The summed E-state index contributed by atoms with van der Waals surface area (Å²) < 4.78 is 12.6. The van der Waals surface area contributed by atoms with Crippen molar-refractivity contribution in [1.29, 1.82) is 0 Å². The molecule has 7 heterocycles. The van der Waals surface area contributed by atoms with E-state index in [1.54, 1.807) is 72.3 Å². The van der Waals surface area contributed by atoms with Crippen molar-refractivity contribution in [1.82, 2.24) is 19.5 Å². The molecule has 0 unspecified atom stereocenters. The molecule has 0 saturated heterocycles. The van der Waals surface area contributed by atoms with Gasteiger partial charge in [-0.3, -0.25) is 34.2 Å². The number of anilines is 3. The molecule has 0 spiro atoms. The number of fused-ring (bicyclic) bond motifs is 8. The Kier molecular flexibility index (Phi) is 14.2. The maximum atomic E-state index is 14.0. The second-order valence-corrected chi connectivity index (χ2v) is 20.3. The molecule has 4 aromatic carbocycles. The minimum atomic E-state index is -1.04. The summed E-state index contributed by atoms with van der Waals surface area (Å²) in [6, 6.07) is 31.5. The number of para-hydroxylation sites is 2. The van der Waals surface area contributed by atoms with Crippen LogP contribution in [-0.2, 0) is 25.7 Å². The lowest BCUT2D eigenvalue weighted by Gasteiger charge is -2.16. The van der Waals surface area contributed by atoms with Gasteiger partial charge in [-0.05, 0) is 141 Å². The van der Waals surface area contributed by atoms with Gasteiger partial charge in [0.15, 0.2) is 10.5 Å². The van der Waals surface area contributed by atoms with Crippen molar-refractivity contribution in [2.75, 3.05) is 16.8 Å². The number of pyridine rings is 2. The number of aromatic amines is 1. The number of carboxylic acids is 2. The second kappa shape index (κ2) is 21.4. The number of carbonyl (C=O) groups is 3. The summed E-state index contributed by atoms with van der Waals surface area (Å²) in [5.41, 5.74) is 17.2. The maximum Gasteiger partial charge on any atom is 0.371 e. The van der Waals surface area contributed by atoms with Crippen molar-refractivity contribution >= 4 is 129 Å². The molecule has 0 fully saturated rings. The van der Waals surface area contributed by atoms with Crippen LogP contribution in [-0.4, -0.2) is 52.5 Å². The van der Waals surface area contributed by atoms with Crippen LogP contribution < -0.4 is 22.3 Å². The third-order valence-corrected chi connectivity index (χ3v) is 15.6. The number of furan rings is 2. The topological polar surface area (TPSA) is 289 Å². The quantitative estimate of drug-likeness (QED) is 0.0390. The Morgan fingerprint density at radius 2 is 1.30 bits per heavy atom. The maximum absolute atomic E-state index is 14.0. The average molecular weight is 1070 g/mol. The van der Waals surface area contributed by atoms with Crippen LogP contribution in [0, 0.1) is 14.9 Å². The minimum Gasteiger partial charge on any atom is -0.478 e. The number of thiophene rings is 2. The number of nitrogen functional groups attached to an aromatic ring is 2. The molecule has 0 atom stereocenters. The number of aromatic carboxylic acids is 2. The van der Waals surface area contributed by atoms with E-state index in [2.05, 4.69) is 20.3 Å². The third-order valence-electron chi connectivity index (χ3n) is 13.0. The molecule has 0 aliphatic heterocycles. The third kappa shape index (κ3) is 10.0. The van der Waals surface area contributed by atoms with Gasteiger partial charge in [-0.2, -0.15) is 0 Å². The highest BCUT2D eigenvalue weighted by Gasteiger charge is 2.25. The fourth-order valence-electron chi connectivity index (χ4n) is 9.42. The molecule has 0 radical (unpaired) electrons. The molecule has 0 bridgehead atoms. The van der Waals surface area contributed by atoms with E-state index < -0.39 is 22.8 Å². The zero-order valence-corrected chi connectivity index (χ0v) is 42.5. The van der Waals surface area contributed by atoms with E-state index in [0.717, 1.165) is 78.1 Å². The Labute approximate surface area is 443 Å². The molecule has 11 aromatic rings. The molecule has 21 heteroatoms. The molecule has 382 valence electrons. The summed E-state index contributed by atoms with van der Waals surface area (Å²) in [5.74, 6) is -2.18. The number of amides is 1. The number of H-pyrrole nitrogens is 1. The SMILES string of the molecule is Nc1c([N+](=O)[O-])ccc2ncccc12.Nc1sc2c(c1C(=O)O)CCCC2.O=C(Nc1c(-n2c(=S)[nH]c3sc4c(c3c2=O)CCCC4)ccc2ncccc12)c1cc2ccccc2o1.O=C(O)c1cc2ccccc2o1. The predicted octanol–water partition coefficient (Wildman–Crippen LogP) is 12.3. The van der Waals surface area contributed by atoms with Gasteiger partial charge in [0.05, 0.1) is 38.3 Å². The summed E-state index contributed by atoms with van der Waals surface area (Å²) in [6.45, 7) is 0. The normalized spacial score (nSPS) is 12.6. The van der Waals surface area contributed by atoms with Gasteiger partial charge in [-0.25, -0.2) is 9.59 Å². The number of rotatable bonds is 6. The van der Waals surface area contributed by atoms with E-state index in [-0.39, 0.29) is 33.2 Å². The predicted molar refractivity (Wildman–Crippen MR) is 297 cm³/mol. The Hall–Kier alpha value is -9.05. The van der Waals surface area contributed by atoms with E-state index in [0.29, 0.717) is 60.3 Å². The van der Waals surface area contributed by atoms with Crippen LogP contribution in [0.15, 0.2) is 135 Å². The molecule has 7 aromatic heterocycles. The van der Waals surface area contributed by atoms with Crippen molar-refractivity contribution in [3.05, 3.63) is 185 Å².